The van der Waals surface area contributed by atoms with E-state index in [0.717, 1.165) is 29.3 Å². The average molecular weight is 445 g/mol. The molecule has 7 nitrogen and oxygen atoms in total. The van der Waals surface area contributed by atoms with E-state index in [-0.39, 0.29) is 17.8 Å². The quantitative estimate of drug-likeness (QED) is 0.494. The first kappa shape index (κ1) is 21.2. The molecule has 2 aromatic heterocycles. The summed E-state index contributed by atoms with van der Waals surface area (Å²) in [4.78, 5) is 32.6. The number of aromatic amines is 1. The third-order valence-electron chi connectivity index (χ3n) is 6.63. The Morgan fingerprint density at radius 2 is 1.76 bits per heavy atom. The Morgan fingerprint density at radius 1 is 1.06 bits per heavy atom. The smallest absolute Gasteiger partial charge is 0.267 e. The zero-order valence-electron chi connectivity index (χ0n) is 19.8. The van der Waals surface area contributed by atoms with Gasteiger partial charge >= 0.3 is 11.6 Å². The molecule has 3 heterocycles. The van der Waals surface area contributed by atoms with E-state index in [4.69, 9.17) is 0 Å². The Labute approximate surface area is 192 Å². The summed E-state index contributed by atoms with van der Waals surface area (Å²) < 4.78 is 4.97. The van der Waals surface area contributed by atoms with Crippen molar-refractivity contribution in [2.24, 2.45) is 13.0 Å². The van der Waals surface area contributed by atoms with Gasteiger partial charge in [-0.05, 0) is 55.2 Å². The molecule has 0 radical (unpaired) electrons. The van der Waals surface area contributed by atoms with Gasteiger partial charge in [0.1, 0.15) is 5.69 Å². The fourth-order valence-electron chi connectivity index (χ4n) is 5.01. The molecular formula is C26H30N5O2+. The summed E-state index contributed by atoms with van der Waals surface area (Å²) in [7, 11) is 1.73. The highest BCUT2D eigenvalue weighted by molar-refractivity contribution is 5.70. The minimum atomic E-state index is -0.319. The maximum atomic E-state index is 13.7. The number of anilines is 2. The second-order valence-electron chi connectivity index (χ2n) is 9.48. The molecule has 33 heavy (non-hydrogen) atoms. The van der Waals surface area contributed by atoms with E-state index < -0.39 is 0 Å². The van der Waals surface area contributed by atoms with Gasteiger partial charge in [-0.15, -0.1) is 0 Å². The molecule has 7 heteroatoms. The fourth-order valence-corrected chi connectivity index (χ4v) is 5.01. The van der Waals surface area contributed by atoms with Gasteiger partial charge in [0.05, 0.1) is 19.6 Å². The molecule has 0 fully saturated rings. The first-order chi connectivity index (χ1) is 15.7. The number of nitrogens with one attached hydrogen (secondary N) is 1. The van der Waals surface area contributed by atoms with E-state index in [1.807, 2.05) is 31.2 Å². The topological polar surface area (TPSA) is 66.9 Å². The molecule has 0 amide bonds. The van der Waals surface area contributed by atoms with Crippen molar-refractivity contribution in [1.82, 2.24) is 14.1 Å². The van der Waals surface area contributed by atoms with Gasteiger partial charge in [-0.2, -0.15) is 0 Å². The second-order valence-corrected chi connectivity index (χ2v) is 9.48. The van der Waals surface area contributed by atoms with Crippen molar-refractivity contribution in [2.75, 3.05) is 11.4 Å². The van der Waals surface area contributed by atoms with Crippen molar-refractivity contribution in [2.45, 2.75) is 40.8 Å². The third kappa shape index (κ3) is 3.48. The fraction of sp³-hybridized carbons (Fsp3) is 0.346. The normalized spacial score (nSPS) is 15.8. The lowest BCUT2D eigenvalue weighted by atomic mass is 10.1. The minimum absolute atomic E-state index is 0.255. The van der Waals surface area contributed by atoms with E-state index in [1.165, 1.54) is 15.7 Å². The maximum Gasteiger partial charge on any atom is 0.364 e. The molecule has 0 spiro atoms. The number of H-pyrrole nitrogens is 1. The lowest BCUT2D eigenvalue weighted by molar-refractivity contribution is -0.669. The van der Waals surface area contributed by atoms with Crippen LogP contribution in [0.25, 0.3) is 11.2 Å². The molecule has 0 aliphatic carbocycles. The van der Waals surface area contributed by atoms with E-state index in [2.05, 4.69) is 53.4 Å². The number of aryl methyl sites for hydroxylation is 4. The highest BCUT2D eigenvalue weighted by atomic mass is 16.2. The molecule has 0 bridgehead atoms. The summed E-state index contributed by atoms with van der Waals surface area (Å²) in [5, 5.41) is 0. The summed E-state index contributed by atoms with van der Waals surface area (Å²) in [5.41, 5.74) is 6.03. The second kappa shape index (κ2) is 7.76. The van der Waals surface area contributed by atoms with Crippen LogP contribution in [0.2, 0.25) is 0 Å². The average Bonchev–Trinajstić information content (AvgIpc) is 3.14. The van der Waals surface area contributed by atoms with Crippen LogP contribution in [0.1, 0.15) is 29.2 Å². The zero-order valence-corrected chi connectivity index (χ0v) is 19.8. The standard InChI is InChI=1S/C26H29N5O2/c1-16-10-17(2)12-21(11-16)29-13-18(3)14-30-22-23(27-25(29)30)28(5)26(33)31(24(22)32)15-20-9-7-6-8-19(20)4/h6-12,18H,13-15H2,1-5H3/p+1/t18-/m0/s1. The Balaban J connectivity index is 1.74. The van der Waals surface area contributed by atoms with Crippen LogP contribution in [0.15, 0.2) is 52.1 Å². The summed E-state index contributed by atoms with van der Waals surface area (Å²) in [5.74, 6) is 1.18. The van der Waals surface area contributed by atoms with Crippen molar-refractivity contribution >= 4 is 22.8 Å². The summed E-state index contributed by atoms with van der Waals surface area (Å²) >= 11 is 0. The molecule has 4 aromatic rings. The predicted molar refractivity (Wildman–Crippen MR) is 130 cm³/mol. The first-order valence-electron chi connectivity index (χ1n) is 11.4. The van der Waals surface area contributed by atoms with Crippen LogP contribution in [0, 0.1) is 26.7 Å². The van der Waals surface area contributed by atoms with Gasteiger partial charge in [0.25, 0.3) is 5.56 Å². The number of hydrogen-bond acceptors (Lipinski definition) is 3. The molecule has 0 unspecified atom stereocenters. The van der Waals surface area contributed by atoms with Crippen molar-refractivity contribution in [3.8, 4) is 0 Å². The maximum absolute atomic E-state index is 13.7. The summed E-state index contributed by atoms with van der Waals surface area (Å²) in [6.07, 6.45) is 0. The minimum Gasteiger partial charge on any atom is -0.267 e. The number of nitrogens with zero attached hydrogens (tertiary/aromatic N) is 4. The van der Waals surface area contributed by atoms with E-state index in [9.17, 15) is 9.59 Å². The van der Waals surface area contributed by atoms with Crippen molar-refractivity contribution in [3.63, 3.8) is 0 Å². The molecule has 1 aliphatic rings. The first-order valence-corrected chi connectivity index (χ1v) is 11.4. The Hall–Kier alpha value is -3.61. The van der Waals surface area contributed by atoms with Gasteiger partial charge in [-0.25, -0.2) is 19.2 Å². The van der Waals surface area contributed by atoms with E-state index in [1.54, 1.807) is 11.6 Å². The van der Waals surface area contributed by atoms with Gasteiger partial charge in [0, 0.05) is 13.0 Å². The van der Waals surface area contributed by atoms with Crippen LogP contribution in [0.3, 0.4) is 0 Å². The van der Waals surface area contributed by atoms with Gasteiger partial charge in [0.2, 0.25) is 11.2 Å². The SMILES string of the molecule is Cc1cc(C)cc(N2C[C@H](C)C[n+]3c2[nH]c2c3c(=O)n(Cc3ccccc3C)c(=O)n2C)c1. The molecule has 5 rings (SSSR count). The number of hydrogen-bond donors (Lipinski definition) is 1. The van der Waals surface area contributed by atoms with Gasteiger partial charge < -0.3 is 0 Å². The lowest BCUT2D eigenvalue weighted by Crippen LogP contribution is -2.52. The number of benzene rings is 2. The molecule has 0 saturated heterocycles. The van der Waals surface area contributed by atoms with Crippen LogP contribution < -0.4 is 20.7 Å². The van der Waals surface area contributed by atoms with Crippen LogP contribution in [0.5, 0.6) is 0 Å². The number of rotatable bonds is 3. The molecule has 1 aliphatic heterocycles. The Bertz CT molecular complexity index is 1490. The molecule has 1 N–H and O–H groups in total. The van der Waals surface area contributed by atoms with Crippen molar-refractivity contribution in [1.29, 1.82) is 0 Å². The largest absolute Gasteiger partial charge is 0.364 e. The molecule has 0 saturated carbocycles. The molecule has 170 valence electrons. The van der Waals surface area contributed by atoms with Gasteiger partial charge in [0.15, 0.2) is 0 Å². The van der Waals surface area contributed by atoms with Crippen LogP contribution in [-0.2, 0) is 20.1 Å². The molecular weight excluding hydrogens is 414 g/mol. The highest BCUT2D eigenvalue weighted by Crippen LogP contribution is 2.29. The van der Waals surface area contributed by atoms with Crippen molar-refractivity contribution in [3.05, 3.63) is 85.6 Å². The lowest BCUT2D eigenvalue weighted by Gasteiger charge is -2.27. The number of aromatic nitrogens is 4. The molecule has 1 atom stereocenters. The monoisotopic (exact) mass is 444 g/mol. The van der Waals surface area contributed by atoms with Crippen LogP contribution in [-0.4, -0.2) is 20.7 Å². The van der Waals surface area contributed by atoms with Gasteiger partial charge in [-0.1, -0.05) is 37.3 Å². The van der Waals surface area contributed by atoms with Crippen molar-refractivity contribution < 1.29 is 4.57 Å². The predicted octanol–water partition coefficient (Wildman–Crippen LogP) is 3.08. The Kier molecular flexibility index (Phi) is 5.00. The number of imidazole rings is 1. The third-order valence-corrected chi connectivity index (χ3v) is 6.63. The number of fused-ring (bicyclic) bond motifs is 3. The summed E-state index contributed by atoms with van der Waals surface area (Å²) in [6.45, 7) is 10.2. The van der Waals surface area contributed by atoms with Crippen LogP contribution in [0.4, 0.5) is 11.6 Å². The van der Waals surface area contributed by atoms with Crippen LogP contribution >= 0.6 is 0 Å². The molecule has 2 aromatic carbocycles. The van der Waals surface area contributed by atoms with E-state index >= 15 is 0 Å². The Morgan fingerprint density at radius 3 is 2.45 bits per heavy atom. The zero-order chi connectivity index (χ0) is 23.4. The van der Waals surface area contributed by atoms with Gasteiger partial charge in [-0.3, -0.25) is 13.9 Å². The highest BCUT2D eigenvalue weighted by Gasteiger charge is 2.36. The van der Waals surface area contributed by atoms with E-state index in [0.29, 0.717) is 23.6 Å². The summed E-state index contributed by atoms with van der Waals surface area (Å²) in [6, 6.07) is 14.3.